The fraction of sp³-hybridized carbons (Fsp3) is 0.600. The van der Waals surface area contributed by atoms with Crippen LogP contribution in [0.3, 0.4) is 0 Å². The summed E-state index contributed by atoms with van der Waals surface area (Å²) in [6.07, 6.45) is -1.12. The summed E-state index contributed by atoms with van der Waals surface area (Å²) in [7, 11) is 0. The van der Waals surface area contributed by atoms with Crippen molar-refractivity contribution in [2.24, 2.45) is 0 Å². The maximum atomic E-state index is 10.3. The zero-order chi connectivity index (χ0) is 13.3. The summed E-state index contributed by atoms with van der Waals surface area (Å²) < 4.78 is 14.2. The van der Waals surface area contributed by atoms with Gasteiger partial charge in [-0.3, -0.25) is 0 Å². The highest BCUT2D eigenvalue weighted by Crippen LogP contribution is 2.18. The van der Waals surface area contributed by atoms with Gasteiger partial charge in [0.1, 0.15) is 18.8 Å². The molecule has 7 heteroatoms. The zero-order valence-corrected chi connectivity index (χ0v) is 9.55. The molecule has 0 heterocycles. The van der Waals surface area contributed by atoms with Gasteiger partial charge in [0.05, 0.1) is 6.61 Å². The molecule has 0 bridgehead atoms. The molecule has 0 aliphatic heterocycles. The quantitative estimate of drug-likeness (QED) is 0.498. The van der Waals surface area contributed by atoms with E-state index in [2.05, 4.69) is 16.1 Å². The van der Waals surface area contributed by atoms with E-state index in [9.17, 15) is 9.59 Å². The Labute approximate surface area is 98.6 Å². The molecule has 0 saturated heterocycles. The molecule has 0 amide bonds. The Morgan fingerprint density at radius 2 is 1.71 bits per heavy atom. The molecule has 0 saturated carbocycles. The minimum absolute atomic E-state index is 0.139. The molecule has 0 atom stereocenters. The molecule has 0 aliphatic carbocycles. The van der Waals surface area contributed by atoms with Crippen molar-refractivity contribution >= 4 is 12.3 Å². The van der Waals surface area contributed by atoms with Gasteiger partial charge >= 0.3 is 12.3 Å². The largest absolute Gasteiger partial charge is 0.505 e. The predicted octanol–water partition coefficient (Wildman–Crippen LogP) is 1.73. The van der Waals surface area contributed by atoms with Gasteiger partial charge in [0.15, 0.2) is 0 Å². The van der Waals surface area contributed by atoms with Crippen LogP contribution in [0.15, 0.2) is 12.7 Å². The molecule has 0 fully saturated rings. The van der Waals surface area contributed by atoms with E-state index in [1.807, 2.05) is 0 Å². The van der Waals surface area contributed by atoms with E-state index >= 15 is 0 Å². The van der Waals surface area contributed by atoms with Crippen LogP contribution in [0.4, 0.5) is 9.59 Å². The molecule has 0 rings (SSSR count). The summed E-state index contributed by atoms with van der Waals surface area (Å²) in [5.41, 5.74) is -1.12. The molecule has 0 unspecified atom stereocenters. The molecular formula is C10H16O7. The molecular weight excluding hydrogens is 232 g/mol. The number of hydrogen-bond donors (Lipinski definition) is 2. The third-order valence-electron chi connectivity index (χ3n) is 2.07. The summed E-state index contributed by atoms with van der Waals surface area (Å²) >= 11 is 0. The van der Waals surface area contributed by atoms with Crippen LogP contribution in [-0.2, 0) is 14.2 Å². The predicted molar refractivity (Wildman–Crippen MR) is 57.1 cm³/mol. The topological polar surface area (TPSA) is 102 Å². The fourth-order valence-electron chi connectivity index (χ4n) is 1.05. The second kappa shape index (κ2) is 7.50. The highest BCUT2D eigenvalue weighted by Gasteiger charge is 2.33. The molecule has 7 nitrogen and oxygen atoms in total. The molecule has 0 aromatic rings. The number of carboxylic acid groups (broad SMARTS) is 2. The van der Waals surface area contributed by atoms with Crippen molar-refractivity contribution in [3.63, 3.8) is 0 Å². The summed E-state index contributed by atoms with van der Waals surface area (Å²) in [5.74, 6) is 0. The van der Waals surface area contributed by atoms with E-state index in [0.29, 0.717) is 6.42 Å². The molecule has 0 radical (unpaired) electrons. The third kappa shape index (κ3) is 6.41. The van der Waals surface area contributed by atoms with Crippen LogP contribution in [0.1, 0.15) is 13.3 Å². The second-order valence-corrected chi connectivity index (χ2v) is 3.25. The fourth-order valence-corrected chi connectivity index (χ4v) is 1.05. The van der Waals surface area contributed by atoms with Gasteiger partial charge < -0.3 is 24.4 Å². The van der Waals surface area contributed by atoms with Gasteiger partial charge in [0.25, 0.3) is 0 Å². The van der Waals surface area contributed by atoms with Crippen LogP contribution >= 0.6 is 0 Å². The molecule has 0 aromatic carbocycles. The number of hydrogen-bond acceptors (Lipinski definition) is 5. The minimum atomic E-state index is -1.46. The molecule has 0 aromatic heterocycles. The van der Waals surface area contributed by atoms with E-state index in [1.54, 1.807) is 6.92 Å². The number of carbonyl (C=O) groups is 2. The number of rotatable bonds is 8. The standard InChI is InChI=1S/C10H16O7/c1-3-5-17-10(4-2,6-15-8(11)12)7-16-9(13)14/h3H,1,4-7H2,2H3,(H,11,12)(H,13,14). The normalized spacial score (nSPS) is 10.6. The summed E-state index contributed by atoms with van der Waals surface area (Å²) in [6, 6.07) is 0. The Balaban J connectivity index is 4.53. The van der Waals surface area contributed by atoms with E-state index in [-0.39, 0.29) is 19.8 Å². The Morgan fingerprint density at radius 3 is 2.00 bits per heavy atom. The monoisotopic (exact) mass is 248 g/mol. The van der Waals surface area contributed by atoms with Crippen LogP contribution in [0, 0.1) is 0 Å². The second-order valence-electron chi connectivity index (χ2n) is 3.25. The van der Waals surface area contributed by atoms with Crippen LogP contribution in [-0.4, -0.2) is 47.9 Å². The van der Waals surface area contributed by atoms with Gasteiger partial charge in [-0.2, -0.15) is 0 Å². The first-order valence-corrected chi connectivity index (χ1v) is 4.92. The third-order valence-corrected chi connectivity index (χ3v) is 2.07. The van der Waals surface area contributed by atoms with Crippen molar-refractivity contribution in [3.8, 4) is 0 Å². The lowest BCUT2D eigenvalue weighted by molar-refractivity contribution is -0.112. The first-order valence-electron chi connectivity index (χ1n) is 4.92. The van der Waals surface area contributed by atoms with Gasteiger partial charge in [0.2, 0.25) is 0 Å². The highest BCUT2D eigenvalue weighted by molar-refractivity contribution is 5.57. The summed E-state index contributed by atoms with van der Waals surface area (Å²) in [5, 5.41) is 16.8. The van der Waals surface area contributed by atoms with E-state index in [4.69, 9.17) is 14.9 Å². The van der Waals surface area contributed by atoms with Crippen molar-refractivity contribution in [1.29, 1.82) is 0 Å². The van der Waals surface area contributed by atoms with Crippen LogP contribution in [0.2, 0.25) is 0 Å². The number of ether oxygens (including phenoxy) is 3. The van der Waals surface area contributed by atoms with Crippen molar-refractivity contribution in [1.82, 2.24) is 0 Å². The van der Waals surface area contributed by atoms with Crippen LogP contribution < -0.4 is 0 Å². The highest BCUT2D eigenvalue weighted by atomic mass is 16.7. The van der Waals surface area contributed by atoms with Crippen LogP contribution in [0.5, 0.6) is 0 Å². The SMILES string of the molecule is C=CCOC(CC)(COC(=O)O)COC(=O)O. The summed E-state index contributed by atoms with van der Waals surface area (Å²) in [4.78, 5) is 20.6. The minimum Gasteiger partial charge on any atom is -0.450 e. The molecule has 0 aliphatic rings. The van der Waals surface area contributed by atoms with E-state index in [0.717, 1.165) is 0 Å². The average Bonchev–Trinajstić information content (AvgIpc) is 2.28. The summed E-state index contributed by atoms with van der Waals surface area (Å²) in [6.45, 7) is 4.68. The lowest BCUT2D eigenvalue weighted by Crippen LogP contribution is -2.43. The van der Waals surface area contributed by atoms with Gasteiger partial charge in [-0.25, -0.2) is 9.59 Å². The van der Waals surface area contributed by atoms with Crippen LogP contribution in [0.25, 0.3) is 0 Å². The lowest BCUT2D eigenvalue weighted by atomic mass is 10.0. The molecule has 2 N–H and O–H groups in total. The Hall–Kier alpha value is -1.76. The van der Waals surface area contributed by atoms with Gasteiger partial charge in [0, 0.05) is 0 Å². The lowest BCUT2D eigenvalue weighted by Gasteiger charge is -2.30. The smallest absolute Gasteiger partial charge is 0.450 e. The van der Waals surface area contributed by atoms with Gasteiger partial charge in [-0.15, -0.1) is 6.58 Å². The molecule has 0 spiro atoms. The molecule has 17 heavy (non-hydrogen) atoms. The van der Waals surface area contributed by atoms with Crippen molar-refractivity contribution in [2.75, 3.05) is 19.8 Å². The van der Waals surface area contributed by atoms with E-state index < -0.39 is 17.9 Å². The Kier molecular flexibility index (Phi) is 6.73. The van der Waals surface area contributed by atoms with Crippen molar-refractivity contribution < 1.29 is 34.0 Å². The van der Waals surface area contributed by atoms with Gasteiger partial charge in [-0.05, 0) is 6.42 Å². The van der Waals surface area contributed by atoms with E-state index in [1.165, 1.54) is 6.08 Å². The Bertz CT molecular complexity index is 256. The zero-order valence-electron chi connectivity index (χ0n) is 9.55. The first kappa shape index (κ1) is 15.2. The van der Waals surface area contributed by atoms with Gasteiger partial charge in [-0.1, -0.05) is 13.0 Å². The maximum absolute atomic E-state index is 10.3. The Morgan fingerprint density at radius 1 is 1.24 bits per heavy atom. The van der Waals surface area contributed by atoms with Crippen molar-refractivity contribution in [2.45, 2.75) is 18.9 Å². The first-order chi connectivity index (χ1) is 7.95. The van der Waals surface area contributed by atoms with Crippen molar-refractivity contribution in [3.05, 3.63) is 12.7 Å². The maximum Gasteiger partial charge on any atom is 0.505 e. The molecule has 98 valence electrons. The average molecular weight is 248 g/mol.